The molecule has 25 heavy (non-hydrogen) atoms. The van der Waals surface area contributed by atoms with E-state index in [0.717, 1.165) is 16.7 Å². The van der Waals surface area contributed by atoms with Gasteiger partial charge in [-0.15, -0.1) is 0 Å². The summed E-state index contributed by atoms with van der Waals surface area (Å²) in [4.78, 5) is 18.2. The zero-order valence-corrected chi connectivity index (χ0v) is 13.9. The van der Waals surface area contributed by atoms with Gasteiger partial charge < -0.3 is 4.98 Å². The van der Waals surface area contributed by atoms with Crippen LogP contribution in [0.15, 0.2) is 51.9 Å². The second-order valence-corrected chi connectivity index (χ2v) is 6.29. The maximum absolute atomic E-state index is 12.8. The van der Waals surface area contributed by atoms with Crippen LogP contribution in [-0.4, -0.2) is 19.6 Å². The van der Waals surface area contributed by atoms with Crippen molar-refractivity contribution < 1.29 is 13.2 Å². The van der Waals surface area contributed by atoms with Gasteiger partial charge in [0.2, 0.25) is 0 Å². The van der Waals surface area contributed by atoms with Crippen molar-refractivity contribution in [3.05, 3.63) is 63.1 Å². The summed E-state index contributed by atoms with van der Waals surface area (Å²) in [5.74, 6) is 0. The molecular weight excluding hydrogens is 401 g/mol. The summed E-state index contributed by atoms with van der Waals surface area (Å²) in [6, 6.07) is 9.02. The first-order valence-electron chi connectivity index (χ1n) is 7.08. The van der Waals surface area contributed by atoms with E-state index in [1.165, 1.54) is 16.6 Å². The van der Waals surface area contributed by atoms with Crippen LogP contribution in [0.5, 0.6) is 0 Å². The van der Waals surface area contributed by atoms with E-state index in [2.05, 4.69) is 31.0 Å². The Morgan fingerprint density at radius 3 is 2.68 bits per heavy atom. The Balaban J connectivity index is 1.96. The number of halogens is 4. The van der Waals surface area contributed by atoms with Crippen LogP contribution in [0.1, 0.15) is 5.69 Å². The Hall–Kier alpha value is -2.68. The van der Waals surface area contributed by atoms with Gasteiger partial charge >= 0.3 is 6.18 Å². The van der Waals surface area contributed by atoms with E-state index >= 15 is 0 Å². The molecule has 0 saturated carbocycles. The molecule has 3 aromatic heterocycles. The molecule has 3 heterocycles. The third-order valence-corrected chi connectivity index (χ3v) is 4.22. The fourth-order valence-electron chi connectivity index (χ4n) is 2.60. The molecule has 4 rings (SSSR count). The molecule has 0 amide bonds. The zero-order chi connectivity index (χ0) is 17.8. The lowest BCUT2D eigenvalue weighted by Crippen LogP contribution is -2.09. The van der Waals surface area contributed by atoms with E-state index < -0.39 is 11.9 Å². The molecule has 4 aromatic rings. The molecule has 0 bridgehead atoms. The van der Waals surface area contributed by atoms with Crippen LogP contribution in [0.3, 0.4) is 0 Å². The number of H-pyrrole nitrogens is 1. The third kappa shape index (κ3) is 2.70. The minimum Gasteiger partial charge on any atom is -0.306 e. The van der Waals surface area contributed by atoms with Gasteiger partial charge in [0, 0.05) is 22.3 Å². The normalized spacial score (nSPS) is 12.2. The summed E-state index contributed by atoms with van der Waals surface area (Å²) in [5, 5.41) is 4.76. The van der Waals surface area contributed by atoms with Crippen LogP contribution in [-0.2, 0) is 6.18 Å². The van der Waals surface area contributed by atoms with Crippen molar-refractivity contribution in [2.24, 2.45) is 0 Å². The van der Waals surface area contributed by atoms with E-state index in [1.54, 1.807) is 18.2 Å². The lowest BCUT2D eigenvalue weighted by atomic mass is 10.1. The highest BCUT2D eigenvalue weighted by molar-refractivity contribution is 9.10. The fraction of sp³-hybridized carbons (Fsp3) is 0.0625. The number of alkyl halides is 3. The summed E-state index contributed by atoms with van der Waals surface area (Å²) in [5.41, 5.74) is 0.208. The molecule has 0 fully saturated rings. The molecule has 5 nitrogen and oxygen atoms in total. The SMILES string of the molecule is O=c1[nH]c2cc(-c3ccnc(C(F)(F)F)c3)nn2c2ccc(Br)cc12. The number of aromatic nitrogens is 4. The average molecular weight is 409 g/mol. The van der Waals surface area contributed by atoms with Gasteiger partial charge in [0.1, 0.15) is 11.3 Å². The number of fused-ring (bicyclic) bond motifs is 3. The van der Waals surface area contributed by atoms with Crippen molar-refractivity contribution in [1.29, 1.82) is 0 Å². The molecule has 0 atom stereocenters. The Bertz CT molecular complexity index is 1180. The van der Waals surface area contributed by atoms with Crippen molar-refractivity contribution in [2.75, 3.05) is 0 Å². The van der Waals surface area contributed by atoms with E-state index in [-0.39, 0.29) is 11.1 Å². The summed E-state index contributed by atoms with van der Waals surface area (Å²) in [6.07, 6.45) is -3.46. The molecule has 0 aliphatic heterocycles. The van der Waals surface area contributed by atoms with Gasteiger partial charge in [-0.1, -0.05) is 15.9 Å². The molecule has 1 N–H and O–H groups in total. The summed E-state index contributed by atoms with van der Waals surface area (Å²) in [7, 11) is 0. The predicted molar refractivity (Wildman–Crippen MR) is 89.3 cm³/mol. The van der Waals surface area contributed by atoms with Crippen molar-refractivity contribution in [1.82, 2.24) is 19.6 Å². The van der Waals surface area contributed by atoms with Gasteiger partial charge in [0.05, 0.1) is 16.6 Å². The first kappa shape index (κ1) is 15.8. The average Bonchev–Trinajstić information content (AvgIpc) is 2.98. The van der Waals surface area contributed by atoms with E-state index in [0.29, 0.717) is 22.2 Å². The highest BCUT2D eigenvalue weighted by atomic mass is 79.9. The quantitative estimate of drug-likeness (QED) is 0.517. The van der Waals surface area contributed by atoms with Crippen LogP contribution in [0.4, 0.5) is 13.2 Å². The molecule has 126 valence electrons. The first-order valence-corrected chi connectivity index (χ1v) is 7.87. The molecule has 0 saturated heterocycles. The standard InChI is InChI=1S/C16H8BrF3N4O/c17-9-1-2-12-10(6-9)15(25)22-14-7-11(23-24(12)14)8-3-4-21-13(5-8)16(18,19)20/h1-7H,(H,22,25). The van der Waals surface area contributed by atoms with Crippen LogP contribution >= 0.6 is 15.9 Å². The third-order valence-electron chi connectivity index (χ3n) is 3.73. The molecule has 0 aliphatic carbocycles. The van der Waals surface area contributed by atoms with E-state index in [1.807, 2.05) is 0 Å². The summed E-state index contributed by atoms with van der Waals surface area (Å²) >= 11 is 3.30. The van der Waals surface area contributed by atoms with Crippen LogP contribution in [0, 0.1) is 0 Å². The highest BCUT2D eigenvalue weighted by Crippen LogP contribution is 2.30. The number of nitrogens with one attached hydrogen (secondary N) is 1. The predicted octanol–water partition coefficient (Wildman–Crippen LogP) is 4.02. The van der Waals surface area contributed by atoms with Crippen molar-refractivity contribution >= 4 is 32.5 Å². The molecule has 0 radical (unpaired) electrons. The number of aromatic amines is 1. The molecule has 0 spiro atoms. The monoisotopic (exact) mass is 408 g/mol. The van der Waals surface area contributed by atoms with Crippen molar-refractivity contribution in [3.63, 3.8) is 0 Å². The second-order valence-electron chi connectivity index (χ2n) is 5.37. The van der Waals surface area contributed by atoms with Gasteiger partial charge in [-0.2, -0.15) is 18.3 Å². The minimum atomic E-state index is -4.54. The molecular formula is C16H8BrF3N4O. The lowest BCUT2D eigenvalue weighted by molar-refractivity contribution is -0.141. The van der Waals surface area contributed by atoms with Crippen LogP contribution < -0.4 is 5.56 Å². The van der Waals surface area contributed by atoms with Crippen molar-refractivity contribution in [2.45, 2.75) is 6.18 Å². The Labute approximate surface area is 146 Å². The topological polar surface area (TPSA) is 63.0 Å². The molecule has 1 aromatic carbocycles. The van der Waals surface area contributed by atoms with Gasteiger partial charge in [-0.25, -0.2) is 4.52 Å². The number of pyridine rings is 1. The molecule has 9 heteroatoms. The minimum absolute atomic E-state index is 0.261. The zero-order valence-electron chi connectivity index (χ0n) is 12.3. The Morgan fingerprint density at radius 1 is 1.12 bits per heavy atom. The lowest BCUT2D eigenvalue weighted by Gasteiger charge is -2.06. The van der Waals surface area contributed by atoms with Crippen LogP contribution in [0.2, 0.25) is 0 Å². The molecule has 0 aliphatic rings. The number of hydrogen-bond acceptors (Lipinski definition) is 3. The van der Waals surface area contributed by atoms with E-state index in [9.17, 15) is 18.0 Å². The van der Waals surface area contributed by atoms with Crippen LogP contribution in [0.25, 0.3) is 27.8 Å². The maximum Gasteiger partial charge on any atom is 0.433 e. The van der Waals surface area contributed by atoms with Crippen molar-refractivity contribution in [3.8, 4) is 11.3 Å². The maximum atomic E-state index is 12.8. The highest BCUT2D eigenvalue weighted by Gasteiger charge is 2.32. The number of rotatable bonds is 1. The largest absolute Gasteiger partial charge is 0.433 e. The Morgan fingerprint density at radius 2 is 1.92 bits per heavy atom. The number of nitrogens with zero attached hydrogens (tertiary/aromatic N) is 3. The molecule has 0 unspecified atom stereocenters. The number of benzene rings is 1. The second kappa shape index (κ2) is 5.41. The first-order chi connectivity index (χ1) is 11.8. The van der Waals surface area contributed by atoms with Gasteiger partial charge in [-0.3, -0.25) is 9.78 Å². The summed E-state index contributed by atoms with van der Waals surface area (Å²) in [6.45, 7) is 0. The Kier molecular flexibility index (Phi) is 3.43. The fourth-order valence-corrected chi connectivity index (χ4v) is 2.96. The van der Waals surface area contributed by atoms with Gasteiger partial charge in [0.15, 0.2) is 0 Å². The number of hydrogen-bond donors (Lipinski definition) is 1. The smallest absolute Gasteiger partial charge is 0.306 e. The summed E-state index contributed by atoms with van der Waals surface area (Å²) < 4.78 is 40.8. The van der Waals surface area contributed by atoms with Gasteiger partial charge in [0.25, 0.3) is 5.56 Å². The van der Waals surface area contributed by atoms with Gasteiger partial charge in [-0.05, 0) is 30.3 Å². The van der Waals surface area contributed by atoms with E-state index in [4.69, 9.17) is 0 Å².